The molecule has 0 unspecified atom stereocenters. The molecule has 0 aromatic heterocycles. The van der Waals surface area contributed by atoms with Crippen LogP contribution in [0.25, 0.3) is 0 Å². The van der Waals surface area contributed by atoms with Crippen molar-refractivity contribution in [3.05, 3.63) is 29.8 Å². The van der Waals surface area contributed by atoms with Crippen molar-refractivity contribution in [1.82, 2.24) is 15.1 Å². The fraction of sp³-hybridized carbons (Fsp3) is 0.667. The molecular formula is C21H35N3O2. The maximum Gasteiger partial charge on any atom is 0.223 e. The molecular weight excluding hydrogens is 326 g/mol. The van der Waals surface area contributed by atoms with Crippen LogP contribution < -0.4 is 10.1 Å². The normalized spacial score (nSPS) is 16.7. The summed E-state index contributed by atoms with van der Waals surface area (Å²) < 4.78 is 5.30. The molecule has 0 atom stereocenters. The van der Waals surface area contributed by atoms with Crippen LogP contribution in [0.2, 0.25) is 0 Å². The molecule has 1 aliphatic heterocycles. The summed E-state index contributed by atoms with van der Waals surface area (Å²) in [6.07, 6.45) is 1.87. The van der Waals surface area contributed by atoms with Gasteiger partial charge in [-0.2, -0.15) is 0 Å². The minimum absolute atomic E-state index is 0.0895. The highest BCUT2D eigenvalue weighted by Gasteiger charge is 2.27. The Kier molecular flexibility index (Phi) is 7.47. The van der Waals surface area contributed by atoms with Gasteiger partial charge in [0.25, 0.3) is 0 Å². The second kappa shape index (κ2) is 9.38. The summed E-state index contributed by atoms with van der Waals surface area (Å²) in [5.41, 5.74) is 1.35. The third-order valence-corrected chi connectivity index (χ3v) is 4.98. The molecule has 26 heavy (non-hydrogen) atoms. The highest BCUT2D eigenvalue weighted by atomic mass is 16.5. The first-order valence-corrected chi connectivity index (χ1v) is 9.57. The number of nitrogens with one attached hydrogen (secondary N) is 1. The zero-order chi connectivity index (χ0) is 19.2. The van der Waals surface area contributed by atoms with Gasteiger partial charge in [-0.05, 0) is 63.1 Å². The van der Waals surface area contributed by atoms with Gasteiger partial charge < -0.3 is 15.0 Å². The van der Waals surface area contributed by atoms with Crippen molar-refractivity contribution in [2.75, 3.05) is 47.4 Å². The van der Waals surface area contributed by atoms with E-state index in [9.17, 15) is 4.79 Å². The van der Waals surface area contributed by atoms with Gasteiger partial charge in [-0.3, -0.25) is 9.69 Å². The maximum absolute atomic E-state index is 12.5. The predicted octanol–water partition coefficient (Wildman–Crippen LogP) is 2.61. The van der Waals surface area contributed by atoms with Crippen LogP contribution in [0.5, 0.6) is 5.75 Å². The largest absolute Gasteiger partial charge is 0.497 e. The fourth-order valence-corrected chi connectivity index (χ4v) is 3.76. The molecule has 1 aromatic carbocycles. The van der Waals surface area contributed by atoms with E-state index >= 15 is 0 Å². The third kappa shape index (κ3) is 6.61. The number of methoxy groups -OCH3 is 1. The van der Waals surface area contributed by atoms with Crippen molar-refractivity contribution in [2.24, 2.45) is 11.3 Å². The number of carbonyl (C=O) groups excluding carboxylic acids is 1. The number of amides is 1. The van der Waals surface area contributed by atoms with Gasteiger partial charge in [0.2, 0.25) is 5.91 Å². The topological polar surface area (TPSA) is 44.8 Å². The summed E-state index contributed by atoms with van der Waals surface area (Å²) in [5.74, 6) is 1.27. The molecule has 1 aromatic rings. The van der Waals surface area contributed by atoms with Crippen molar-refractivity contribution >= 4 is 5.91 Å². The number of benzene rings is 1. The van der Waals surface area contributed by atoms with Crippen LogP contribution in [0.4, 0.5) is 0 Å². The molecule has 0 bridgehead atoms. The molecule has 1 amide bonds. The Balaban J connectivity index is 1.76. The molecule has 146 valence electrons. The van der Waals surface area contributed by atoms with E-state index in [2.05, 4.69) is 55.2 Å². The molecule has 0 spiro atoms. The van der Waals surface area contributed by atoms with Gasteiger partial charge in [0.15, 0.2) is 0 Å². The van der Waals surface area contributed by atoms with Crippen LogP contribution in [0.3, 0.4) is 0 Å². The lowest BCUT2D eigenvalue weighted by molar-refractivity contribution is -0.127. The van der Waals surface area contributed by atoms with E-state index in [4.69, 9.17) is 4.74 Å². The summed E-state index contributed by atoms with van der Waals surface area (Å²) in [5, 5.41) is 3.18. The van der Waals surface area contributed by atoms with E-state index in [0.29, 0.717) is 0 Å². The SMILES string of the molecule is COc1cccc(CN2CCC(C(=O)NCC(C)(C)CN(C)C)CC2)c1. The summed E-state index contributed by atoms with van der Waals surface area (Å²) in [6.45, 7) is 8.95. The van der Waals surface area contributed by atoms with Gasteiger partial charge in [-0.25, -0.2) is 0 Å². The zero-order valence-electron chi connectivity index (χ0n) is 17.0. The second-order valence-corrected chi connectivity index (χ2v) is 8.52. The zero-order valence-corrected chi connectivity index (χ0v) is 17.0. The predicted molar refractivity (Wildman–Crippen MR) is 106 cm³/mol. The summed E-state index contributed by atoms with van der Waals surface area (Å²) >= 11 is 0. The first-order chi connectivity index (χ1) is 12.3. The van der Waals surface area contributed by atoms with Gasteiger partial charge in [0, 0.05) is 25.6 Å². The summed E-state index contributed by atoms with van der Waals surface area (Å²) in [6, 6.07) is 8.22. The first-order valence-electron chi connectivity index (χ1n) is 9.57. The molecule has 2 rings (SSSR count). The lowest BCUT2D eigenvalue weighted by Crippen LogP contribution is -2.44. The lowest BCUT2D eigenvalue weighted by Gasteiger charge is -2.33. The number of rotatable bonds is 8. The number of hydrogen-bond acceptors (Lipinski definition) is 4. The fourth-order valence-electron chi connectivity index (χ4n) is 3.76. The van der Waals surface area contributed by atoms with Crippen LogP contribution >= 0.6 is 0 Å². The van der Waals surface area contributed by atoms with Gasteiger partial charge in [0.05, 0.1) is 7.11 Å². The van der Waals surface area contributed by atoms with Crippen LogP contribution in [0, 0.1) is 11.3 Å². The van der Waals surface area contributed by atoms with E-state index in [-0.39, 0.29) is 17.2 Å². The van der Waals surface area contributed by atoms with Gasteiger partial charge in [-0.15, -0.1) is 0 Å². The molecule has 5 heteroatoms. The Hall–Kier alpha value is -1.59. The monoisotopic (exact) mass is 361 g/mol. The smallest absolute Gasteiger partial charge is 0.223 e. The average Bonchev–Trinajstić information content (AvgIpc) is 2.59. The highest BCUT2D eigenvalue weighted by molar-refractivity contribution is 5.78. The van der Waals surface area contributed by atoms with E-state index in [1.807, 2.05) is 12.1 Å². The number of ether oxygens (including phenoxy) is 1. The van der Waals surface area contributed by atoms with Gasteiger partial charge in [0.1, 0.15) is 5.75 Å². The Morgan fingerprint density at radius 1 is 1.31 bits per heavy atom. The molecule has 5 nitrogen and oxygen atoms in total. The number of piperidine rings is 1. The standard InChI is InChI=1S/C21H35N3O2/c1-21(2,16-23(3)4)15-22-20(25)18-9-11-24(12-10-18)14-17-7-6-8-19(13-17)26-5/h6-8,13,18H,9-12,14-16H2,1-5H3,(H,22,25). The molecule has 1 fully saturated rings. The molecule has 0 saturated carbocycles. The molecule has 1 heterocycles. The van der Waals surface area contributed by atoms with Crippen LogP contribution in [-0.2, 0) is 11.3 Å². The first kappa shape index (κ1) is 20.7. The number of hydrogen-bond donors (Lipinski definition) is 1. The van der Waals surface area contributed by atoms with E-state index in [0.717, 1.165) is 51.3 Å². The second-order valence-electron chi connectivity index (χ2n) is 8.52. The van der Waals surface area contributed by atoms with Crippen molar-refractivity contribution in [1.29, 1.82) is 0 Å². The third-order valence-electron chi connectivity index (χ3n) is 4.98. The Morgan fingerprint density at radius 3 is 2.62 bits per heavy atom. The molecule has 1 saturated heterocycles. The number of likely N-dealkylation sites (tertiary alicyclic amines) is 1. The average molecular weight is 362 g/mol. The van der Waals surface area contributed by atoms with Crippen molar-refractivity contribution in [3.63, 3.8) is 0 Å². The molecule has 1 N–H and O–H groups in total. The minimum atomic E-state index is 0.0895. The Morgan fingerprint density at radius 2 is 2.00 bits per heavy atom. The van der Waals surface area contributed by atoms with E-state index in [1.54, 1.807) is 7.11 Å². The molecule has 1 aliphatic rings. The minimum Gasteiger partial charge on any atom is -0.497 e. The van der Waals surface area contributed by atoms with Crippen molar-refractivity contribution < 1.29 is 9.53 Å². The van der Waals surface area contributed by atoms with Crippen LogP contribution in [0.1, 0.15) is 32.3 Å². The van der Waals surface area contributed by atoms with Crippen LogP contribution in [-0.4, -0.2) is 63.1 Å². The lowest BCUT2D eigenvalue weighted by atomic mass is 9.91. The maximum atomic E-state index is 12.5. The Labute approximate surface area is 158 Å². The van der Waals surface area contributed by atoms with E-state index < -0.39 is 0 Å². The molecule has 0 aliphatic carbocycles. The highest BCUT2D eigenvalue weighted by Crippen LogP contribution is 2.21. The summed E-state index contributed by atoms with van der Waals surface area (Å²) in [7, 11) is 5.84. The van der Waals surface area contributed by atoms with Gasteiger partial charge in [-0.1, -0.05) is 26.0 Å². The quantitative estimate of drug-likeness (QED) is 0.773. The van der Waals surface area contributed by atoms with E-state index in [1.165, 1.54) is 5.56 Å². The van der Waals surface area contributed by atoms with Crippen molar-refractivity contribution in [2.45, 2.75) is 33.2 Å². The van der Waals surface area contributed by atoms with Crippen LogP contribution in [0.15, 0.2) is 24.3 Å². The van der Waals surface area contributed by atoms with Crippen molar-refractivity contribution in [3.8, 4) is 5.75 Å². The molecule has 0 radical (unpaired) electrons. The van der Waals surface area contributed by atoms with Gasteiger partial charge >= 0.3 is 0 Å². The Bertz CT molecular complexity index is 578. The number of nitrogens with zero attached hydrogens (tertiary/aromatic N) is 2. The number of carbonyl (C=O) groups is 1. The summed E-state index contributed by atoms with van der Waals surface area (Å²) in [4.78, 5) is 17.1.